The van der Waals surface area contributed by atoms with E-state index in [0.29, 0.717) is 17.9 Å². The van der Waals surface area contributed by atoms with Crippen LogP contribution in [0.1, 0.15) is 31.7 Å². The molecule has 0 fully saturated rings. The summed E-state index contributed by atoms with van der Waals surface area (Å²) in [5, 5.41) is 3.46. The van der Waals surface area contributed by atoms with E-state index in [2.05, 4.69) is 44.4 Å². The van der Waals surface area contributed by atoms with Crippen molar-refractivity contribution in [2.75, 3.05) is 13.7 Å². The molecule has 3 unspecified atom stereocenters. The van der Waals surface area contributed by atoms with Gasteiger partial charge in [-0.1, -0.05) is 38.5 Å². The number of nitrogens with one attached hydrogen (secondary N) is 1. The zero-order valence-electron chi connectivity index (χ0n) is 10.4. The van der Waals surface area contributed by atoms with E-state index in [9.17, 15) is 0 Å². The predicted octanol–water partition coefficient (Wildman–Crippen LogP) is 2.80. The summed E-state index contributed by atoms with van der Waals surface area (Å²) < 4.78 is 5.75. The maximum absolute atomic E-state index is 5.75. The quantitative estimate of drug-likeness (QED) is 0.840. The molecule has 1 aromatic rings. The highest BCUT2D eigenvalue weighted by Crippen LogP contribution is 2.37. The molecule has 1 N–H and O–H groups in total. The molecule has 0 spiro atoms. The highest BCUT2D eigenvalue weighted by atomic mass is 16.5. The molecule has 0 bridgehead atoms. The van der Waals surface area contributed by atoms with Gasteiger partial charge in [0.25, 0.3) is 0 Å². The van der Waals surface area contributed by atoms with Crippen molar-refractivity contribution in [1.29, 1.82) is 0 Å². The Labute approximate surface area is 98.0 Å². The second kappa shape index (κ2) is 4.88. The molecule has 0 amide bonds. The molecular formula is C14H21NO. The second-order valence-corrected chi connectivity index (χ2v) is 4.66. The molecule has 0 radical (unpaired) electrons. The molecule has 2 rings (SSSR count). The van der Waals surface area contributed by atoms with Gasteiger partial charge in [-0.15, -0.1) is 0 Å². The zero-order chi connectivity index (χ0) is 11.5. The first-order valence-corrected chi connectivity index (χ1v) is 6.17. The van der Waals surface area contributed by atoms with E-state index in [1.165, 1.54) is 12.0 Å². The maximum Gasteiger partial charge on any atom is 0.122 e. The Morgan fingerprint density at radius 3 is 2.88 bits per heavy atom. The molecule has 0 aliphatic carbocycles. The topological polar surface area (TPSA) is 21.3 Å². The summed E-state index contributed by atoms with van der Waals surface area (Å²) in [6.07, 6.45) is 1.20. The summed E-state index contributed by atoms with van der Waals surface area (Å²) in [4.78, 5) is 0. The Hall–Kier alpha value is -1.02. The van der Waals surface area contributed by atoms with Gasteiger partial charge in [0.05, 0.1) is 6.61 Å². The fraction of sp³-hybridized carbons (Fsp3) is 0.571. The number of fused-ring (bicyclic) bond motifs is 1. The highest BCUT2D eigenvalue weighted by Gasteiger charge is 2.32. The molecular weight excluding hydrogens is 198 g/mol. The van der Waals surface area contributed by atoms with Crippen LogP contribution in [0.15, 0.2) is 24.3 Å². The third kappa shape index (κ3) is 1.94. The van der Waals surface area contributed by atoms with Gasteiger partial charge in [-0.3, -0.25) is 0 Å². The van der Waals surface area contributed by atoms with Crippen LogP contribution in [0.3, 0.4) is 0 Å². The van der Waals surface area contributed by atoms with Crippen molar-refractivity contribution in [3.63, 3.8) is 0 Å². The summed E-state index contributed by atoms with van der Waals surface area (Å²) in [6.45, 7) is 5.37. The van der Waals surface area contributed by atoms with Gasteiger partial charge in [0.2, 0.25) is 0 Å². The minimum Gasteiger partial charge on any atom is -0.493 e. The van der Waals surface area contributed by atoms with Crippen LogP contribution >= 0.6 is 0 Å². The zero-order valence-corrected chi connectivity index (χ0v) is 10.4. The van der Waals surface area contributed by atoms with Crippen molar-refractivity contribution in [2.45, 2.75) is 32.2 Å². The monoisotopic (exact) mass is 219 g/mol. The molecule has 1 aliphatic heterocycles. The molecule has 1 aliphatic rings. The van der Waals surface area contributed by atoms with Crippen LogP contribution in [0.25, 0.3) is 0 Å². The van der Waals surface area contributed by atoms with E-state index in [4.69, 9.17) is 4.74 Å². The van der Waals surface area contributed by atoms with E-state index in [0.717, 1.165) is 12.4 Å². The number of hydrogen-bond acceptors (Lipinski definition) is 2. The van der Waals surface area contributed by atoms with Crippen LogP contribution in [0.5, 0.6) is 5.75 Å². The Kier molecular flexibility index (Phi) is 3.49. The second-order valence-electron chi connectivity index (χ2n) is 4.66. The van der Waals surface area contributed by atoms with Gasteiger partial charge < -0.3 is 10.1 Å². The van der Waals surface area contributed by atoms with Crippen LogP contribution in [0.2, 0.25) is 0 Å². The first kappa shape index (κ1) is 11.5. The summed E-state index contributed by atoms with van der Waals surface area (Å²) in [6, 6.07) is 8.91. The van der Waals surface area contributed by atoms with Crippen molar-refractivity contribution in [3.05, 3.63) is 29.8 Å². The van der Waals surface area contributed by atoms with E-state index in [-0.39, 0.29) is 0 Å². The van der Waals surface area contributed by atoms with Gasteiger partial charge in [-0.2, -0.15) is 0 Å². The van der Waals surface area contributed by atoms with Gasteiger partial charge in [0.1, 0.15) is 5.75 Å². The fourth-order valence-corrected chi connectivity index (χ4v) is 2.62. The predicted molar refractivity (Wildman–Crippen MR) is 67.0 cm³/mol. The first-order valence-electron chi connectivity index (χ1n) is 6.17. The first-order chi connectivity index (χ1) is 7.77. The molecule has 16 heavy (non-hydrogen) atoms. The molecule has 2 heteroatoms. The summed E-state index contributed by atoms with van der Waals surface area (Å²) >= 11 is 0. The molecule has 1 heterocycles. The molecule has 1 aromatic carbocycles. The van der Waals surface area contributed by atoms with Crippen LogP contribution in [0, 0.1) is 5.92 Å². The van der Waals surface area contributed by atoms with Gasteiger partial charge in [-0.05, 0) is 19.0 Å². The van der Waals surface area contributed by atoms with Gasteiger partial charge in [0.15, 0.2) is 0 Å². The number of likely N-dealkylation sites (N-methyl/N-ethyl adjacent to an activating group) is 1. The third-order valence-electron chi connectivity index (χ3n) is 3.76. The van der Waals surface area contributed by atoms with E-state index in [1.54, 1.807) is 0 Å². The number of rotatable bonds is 4. The van der Waals surface area contributed by atoms with E-state index in [1.807, 2.05) is 6.07 Å². The Bertz CT molecular complexity index is 350. The molecule has 2 nitrogen and oxygen atoms in total. The maximum atomic E-state index is 5.75. The standard InChI is InChI=1S/C14H21NO/c1-4-10(2)14(15-3)12-9-16-13-8-6-5-7-11(12)13/h5-8,10,12,14-15H,4,9H2,1-3H3. The molecule has 0 saturated heterocycles. The van der Waals surface area contributed by atoms with E-state index < -0.39 is 0 Å². The van der Waals surface area contributed by atoms with Crippen molar-refractivity contribution in [3.8, 4) is 5.75 Å². The SMILES string of the molecule is CCC(C)C(NC)C1COc2ccccc21. The molecule has 3 atom stereocenters. The number of hydrogen-bond donors (Lipinski definition) is 1. The van der Waals surface area contributed by atoms with Gasteiger partial charge in [-0.25, -0.2) is 0 Å². The van der Waals surface area contributed by atoms with Crippen LogP contribution in [0.4, 0.5) is 0 Å². The van der Waals surface area contributed by atoms with Gasteiger partial charge in [0, 0.05) is 17.5 Å². The van der Waals surface area contributed by atoms with Crippen molar-refractivity contribution in [1.82, 2.24) is 5.32 Å². The minimum atomic E-state index is 0.496. The number of para-hydroxylation sites is 1. The summed E-state index contributed by atoms with van der Waals surface area (Å²) in [5.41, 5.74) is 1.36. The van der Waals surface area contributed by atoms with Crippen LogP contribution in [-0.4, -0.2) is 19.7 Å². The Balaban J connectivity index is 2.23. The molecule has 0 aromatic heterocycles. The van der Waals surface area contributed by atoms with Crippen LogP contribution < -0.4 is 10.1 Å². The fourth-order valence-electron chi connectivity index (χ4n) is 2.62. The number of ether oxygens (including phenoxy) is 1. The largest absolute Gasteiger partial charge is 0.493 e. The lowest BCUT2D eigenvalue weighted by atomic mass is 9.84. The summed E-state index contributed by atoms with van der Waals surface area (Å²) in [5.74, 6) is 2.23. The molecule has 0 saturated carbocycles. The van der Waals surface area contributed by atoms with Crippen LogP contribution in [-0.2, 0) is 0 Å². The lowest BCUT2D eigenvalue weighted by Gasteiger charge is -2.27. The minimum absolute atomic E-state index is 0.496. The smallest absolute Gasteiger partial charge is 0.122 e. The summed E-state index contributed by atoms with van der Waals surface area (Å²) in [7, 11) is 2.05. The van der Waals surface area contributed by atoms with Gasteiger partial charge >= 0.3 is 0 Å². The van der Waals surface area contributed by atoms with Crippen molar-refractivity contribution in [2.24, 2.45) is 5.92 Å². The van der Waals surface area contributed by atoms with E-state index >= 15 is 0 Å². The number of benzene rings is 1. The third-order valence-corrected chi connectivity index (χ3v) is 3.76. The Morgan fingerprint density at radius 2 is 2.19 bits per heavy atom. The van der Waals surface area contributed by atoms with Crippen molar-refractivity contribution >= 4 is 0 Å². The van der Waals surface area contributed by atoms with Crippen molar-refractivity contribution < 1.29 is 4.74 Å². The normalized spacial score (nSPS) is 22.3. The highest BCUT2D eigenvalue weighted by molar-refractivity contribution is 5.40. The lowest BCUT2D eigenvalue weighted by molar-refractivity contribution is 0.265. The average Bonchev–Trinajstić information content (AvgIpc) is 2.74. The Morgan fingerprint density at radius 1 is 1.44 bits per heavy atom. The average molecular weight is 219 g/mol. The molecule has 88 valence electrons. The lowest BCUT2D eigenvalue weighted by Crippen LogP contribution is -2.38.